The molecule has 4 aromatic rings. The third kappa shape index (κ3) is 4.00. The number of aromatic nitrogens is 2. The van der Waals surface area contributed by atoms with E-state index in [1.54, 1.807) is 24.3 Å². The minimum Gasteiger partial charge on any atom is -0.342 e. The van der Waals surface area contributed by atoms with Crippen molar-refractivity contribution >= 4 is 40.1 Å². The maximum absolute atomic E-state index is 12.7. The quantitative estimate of drug-likeness (QED) is 0.435. The standard InChI is InChI=1S/C23H19Cl2N3O/c1-15(26-23(29)17-9-3-5-11-19(17)25)22-27-20-12-6-7-13-21(20)28(22)14-16-8-2-4-10-18(16)24/h2-13,15H,14H2,1H3,(H,26,29)/t15-/m1/s1. The van der Waals surface area contributed by atoms with Gasteiger partial charge in [-0.3, -0.25) is 4.79 Å². The van der Waals surface area contributed by atoms with Gasteiger partial charge in [0, 0.05) is 5.02 Å². The lowest BCUT2D eigenvalue weighted by Crippen LogP contribution is -2.29. The summed E-state index contributed by atoms with van der Waals surface area (Å²) in [7, 11) is 0. The Morgan fingerprint density at radius 1 is 0.966 bits per heavy atom. The van der Waals surface area contributed by atoms with Gasteiger partial charge in [-0.05, 0) is 42.8 Å². The van der Waals surface area contributed by atoms with Crippen molar-refractivity contribution in [1.29, 1.82) is 0 Å². The van der Waals surface area contributed by atoms with Crippen molar-refractivity contribution in [1.82, 2.24) is 14.9 Å². The first kappa shape index (κ1) is 19.5. The highest BCUT2D eigenvalue weighted by molar-refractivity contribution is 6.33. The van der Waals surface area contributed by atoms with Gasteiger partial charge >= 0.3 is 0 Å². The number of hydrogen-bond acceptors (Lipinski definition) is 2. The van der Waals surface area contributed by atoms with Crippen LogP contribution in [-0.2, 0) is 6.54 Å². The molecule has 0 aliphatic rings. The number of rotatable bonds is 5. The fraction of sp³-hybridized carbons (Fsp3) is 0.130. The van der Waals surface area contributed by atoms with E-state index in [0.29, 0.717) is 22.2 Å². The van der Waals surface area contributed by atoms with E-state index in [-0.39, 0.29) is 11.9 Å². The van der Waals surface area contributed by atoms with Crippen LogP contribution >= 0.6 is 23.2 Å². The molecular formula is C23H19Cl2N3O. The maximum atomic E-state index is 12.7. The van der Waals surface area contributed by atoms with E-state index in [1.165, 1.54) is 0 Å². The molecule has 0 bridgehead atoms. The summed E-state index contributed by atoms with van der Waals surface area (Å²) in [5.74, 6) is 0.519. The predicted molar refractivity (Wildman–Crippen MR) is 118 cm³/mol. The van der Waals surface area contributed by atoms with E-state index in [1.807, 2.05) is 55.5 Å². The fourth-order valence-electron chi connectivity index (χ4n) is 3.37. The van der Waals surface area contributed by atoms with Crippen molar-refractivity contribution in [3.05, 3.63) is 99.8 Å². The Morgan fingerprint density at radius 3 is 2.38 bits per heavy atom. The minimum atomic E-state index is -0.325. The number of amides is 1. The number of imidazole rings is 1. The highest BCUT2D eigenvalue weighted by Gasteiger charge is 2.20. The van der Waals surface area contributed by atoms with Gasteiger partial charge in [0.15, 0.2) is 0 Å². The Labute approximate surface area is 179 Å². The van der Waals surface area contributed by atoms with Gasteiger partial charge < -0.3 is 9.88 Å². The van der Waals surface area contributed by atoms with Gasteiger partial charge in [-0.2, -0.15) is 0 Å². The fourth-order valence-corrected chi connectivity index (χ4v) is 3.79. The average Bonchev–Trinajstić information content (AvgIpc) is 3.08. The molecule has 1 atom stereocenters. The molecular weight excluding hydrogens is 405 g/mol. The molecule has 1 amide bonds. The molecule has 3 aromatic carbocycles. The lowest BCUT2D eigenvalue weighted by Gasteiger charge is -2.17. The number of benzene rings is 3. The van der Waals surface area contributed by atoms with E-state index in [9.17, 15) is 4.79 Å². The maximum Gasteiger partial charge on any atom is 0.253 e. The van der Waals surface area contributed by atoms with Gasteiger partial charge in [-0.15, -0.1) is 0 Å². The van der Waals surface area contributed by atoms with Crippen molar-refractivity contribution in [3.8, 4) is 0 Å². The third-order valence-electron chi connectivity index (χ3n) is 4.82. The molecule has 0 saturated carbocycles. The largest absolute Gasteiger partial charge is 0.342 e. The van der Waals surface area contributed by atoms with Crippen molar-refractivity contribution in [2.24, 2.45) is 0 Å². The van der Waals surface area contributed by atoms with Crippen LogP contribution < -0.4 is 5.32 Å². The molecule has 4 rings (SSSR count). The number of nitrogens with one attached hydrogen (secondary N) is 1. The van der Waals surface area contributed by atoms with Gasteiger partial charge in [-0.1, -0.05) is 65.7 Å². The van der Waals surface area contributed by atoms with Crippen molar-refractivity contribution < 1.29 is 4.79 Å². The monoisotopic (exact) mass is 423 g/mol. The summed E-state index contributed by atoms with van der Waals surface area (Å²) in [6.07, 6.45) is 0. The second-order valence-corrected chi connectivity index (χ2v) is 7.63. The van der Waals surface area contributed by atoms with Crippen LogP contribution in [0.15, 0.2) is 72.8 Å². The molecule has 0 saturated heterocycles. The topological polar surface area (TPSA) is 46.9 Å². The Bertz CT molecular complexity index is 1190. The zero-order valence-corrected chi connectivity index (χ0v) is 17.3. The van der Waals surface area contributed by atoms with Crippen LogP contribution in [0.2, 0.25) is 10.0 Å². The minimum absolute atomic E-state index is 0.237. The van der Waals surface area contributed by atoms with Crippen molar-refractivity contribution in [2.45, 2.75) is 19.5 Å². The van der Waals surface area contributed by atoms with Crippen LogP contribution in [0.3, 0.4) is 0 Å². The molecule has 0 radical (unpaired) electrons. The molecule has 146 valence electrons. The predicted octanol–water partition coefficient (Wildman–Crippen LogP) is 5.88. The second-order valence-electron chi connectivity index (χ2n) is 6.81. The Hall–Kier alpha value is -2.82. The van der Waals surface area contributed by atoms with Crippen LogP contribution in [0, 0.1) is 0 Å². The molecule has 29 heavy (non-hydrogen) atoms. The van der Waals surface area contributed by atoms with Crippen LogP contribution in [0.5, 0.6) is 0 Å². The number of hydrogen-bond donors (Lipinski definition) is 1. The van der Waals surface area contributed by atoms with Crippen molar-refractivity contribution in [2.75, 3.05) is 0 Å². The van der Waals surface area contributed by atoms with E-state index >= 15 is 0 Å². The second kappa shape index (κ2) is 8.27. The van der Waals surface area contributed by atoms with E-state index in [2.05, 4.69) is 9.88 Å². The van der Waals surface area contributed by atoms with E-state index < -0.39 is 0 Å². The van der Waals surface area contributed by atoms with Crippen LogP contribution in [0.1, 0.15) is 34.7 Å². The molecule has 1 N–H and O–H groups in total. The molecule has 0 unspecified atom stereocenters. The Kier molecular flexibility index (Phi) is 5.56. The van der Waals surface area contributed by atoms with Gasteiger partial charge in [0.25, 0.3) is 5.91 Å². The van der Waals surface area contributed by atoms with Gasteiger partial charge in [0.2, 0.25) is 0 Å². The first-order valence-electron chi connectivity index (χ1n) is 9.28. The summed E-state index contributed by atoms with van der Waals surface area (Å²) in [4.78, 5) is 17.5. The van der Waals surface area contributed by atoms with Gasteiger partial charge in [-0.25, -0.2) is 4.98 Å². The lowest BCUT2D eigenvalue weighted by atomic mass is 10.2. The van der Waals surface area contributed by atoms with E-state index in [0.717, 1.165) is 22.4 Å². The number of para-hydroxylation sites is 2. The normalized spacial score (nSPS) is 12.1. The SMILES string of the molecule is C[C@@H](NC(=O)c1ccccc1Cl)c1nc2ccccc2n1Cc1ccccc1Cl. The molecule has 6 heteroatoms. The summed E-state index contributed by atoms with van der Waals surface area (Å²) < 4.78 is 2.09. The summed E-state index contributed by atoms with van der Waals surface area (Å²) in [5, 5.41) is 4.13. The first-order chi connectivity index (χ1) is 14.0. The van der Waals surface area contributed by atoms with E-state index in [4.69, 9.17) is 28.2 Å². The summed E-state index contributed by atoms with van der Waals surface area (Å²) >= 11 is 12.6. The molecule has 0 spiro atoms. The molecule has 1 aromatic heterocycles. The Balaban J connectivity index is 1.70. The number of fused-ring (bicyclic) bond motifs is 1. The molecule has 0 aliphatic carbocycles. The lowest BCUT2D eigenvalue weighted by molar-refractivity contribution is 0.0938. The highest BCUT2D eigenvalue weighted by Crippen LogP contribution is 2.25. The first-order valence-corrected chi connectivity index (χ1v) is 10.0. The number of nitrogens with zero attached hydrogens (tertiary/aromatic N) is 2. The summed E-state index contributed by atoms with van der Waals surface area (Å²) in [5.41, 5.74) is 3.28. The summed E-state index contributed by atoms with van der Waals surface area (Å²) in [6, 6.07) is 22.3. The number of carbonyl (C=O) groups excluding carboxylic acids is 1. The molecule has 4 nitrogen and oxygen atoms in total. The highest BCUT2D eigenvalue weighted by atomic mass is 35.5. The van der Waals surface area contributed by atoms with Gasteiger partial charge in [0.05, 0.1) is 34.2 Å². The Morgan fingerprint density at radius 2 is 1.62 bits per heavy atom. The third-order valence-corrected chi connectivity index (χ3v) is 5.52. The zero-order chi connectivity index (χ0) is 20.4. The van der Waals surface area contributed by atoms with Crippen LogP contribution in [-0.4, -0.2) is 15.5 Å². The smallest absolute Gasteiger partial charge is 0.253 e. The molecule has 1 heterocycles. The van der Waals surface area contributed by atoms with Crippen molar-refractivity contribution in [3.63, 3.8) is 0 Å². The number of halogens is 2. The zero-order valence-electron chi connectivity index (χ0n) is 15.8. The molecule has 0 aliphatic heterocycles. The van der Waals surface area contributed by atoms with Crippen LogP contribution in [0.4, 0.5) is 0 Å². The number of carbonyl (C=O) groups is 1. The average molecular weight is 424 g/mol. The summed E-state index contributed by atoms with van der Waals surface area (Å²) in [6.45, 7) is 2.47. The van der Waals surface area contributed by atoms with Gasteiger partial charge in [0.1, 0.15) is 5.82 Å². The molecule has 0 fully saturated rings. The van der Waals surface area contributed by atoms with Crippen LogP contribution in [0.25, 0.3) is 11.0 Å².